The van der Waals surface area contributed by atoms with Crippen molar-refractivity contribution in [3.63, 3.8) is 0 Å². The maximum Gasteiger partial charge on any atom is 0.224 e. The lowest BCUT2D eigenvalue weighted by atomic mass is 10.00. The van der Waals surface area contributed by atoms with E-state index in [0.717, 1.165) is 50.7 Å². The number of aromatic nitrogens is 3. The van der Waals surface area contributed by atoms with Crippen molar-refractivity contribution < 1.29 is 9.53 Å². The number of amides is 1. The molecule has 2 aromatic carbocycles. The third-order valence-corrected chi connectivity index (χ3v) is 5.98. The van der Waals surface area contributed by atoms with Crippen LogP contribution in [-0.4, -0.2) is 34.2 Å². The largest absolute Gasteiger partial charge is 0.383 e. The number of hydrogen-bond donors (Lipinski definition) is 1. The van der Waals surface area contributed by atoms with Crippen LogP contribution in [0.15, 0.2) is 85.3 Å². The number of pyridine rings is 2. The van der Waals surface area contributed by atoms with E-state index in [-0.39, 0.29) is 5.91 Å². The minimum atomic E-state index is -0.0290. The molecule has 0 fully saturated rings. The fourth-order valence-corrected chi connectivity index (χ4v) is 4.25. The van der Waals surface area contributed by atoms with E-state index in [1.807, 2.05) is 36.5 Å². The first kappa shape index (κ1) is 21.8. The van der Waals surface area contributed by atoms with E-state index in [1.54, 1.807) is 13.3 Å². The van der Waals surface area contributed by atoms with Crippen LogP contribution in [0.2, 0.25) is 0 Å². The lowest BCUT2D eigenvalue weighted by Gasteiger charge is -2.07. The van der Waals surface area contributed by atoms with Gasteiger partial charge in [0.2, 0.25) is 5.91 Å². The van der Waals surface area contributed by atoms with E-state index in [0.29, 0.717) is 19.6 Å². The first-order chi connectivity index (χ1) is 16.7. The molecule has 1 N–H and O–H groups in total. The fourth-order valence-electron chi connectivity index (χ4n) is 4.25. The molecule has 170 valence electrons. The van der Waals surface area contributed by atoms with E-state index in [4.69, 9.17) is 4.74 Å². The summed E-state index contributed by atoms with van der Waals surface area (Å²) in [7, 11) is 1.70. The number of hydrogen-bond acceptors (Lipinski definition) is 4. The molecule has 3 heterocycles. The summed E-state index contributed by atoms with van der Waals surface area (Å²) >= 11 is 0. The molecule has 6 nitrogen and oxygen atoms in total. The topological polar surface area (TPSA) is 69.0 Å². The van der Waals surface area contributed by atoms with Crippen LogP contribution in [-0.2, 0) is 29.0 Å². The van der Waals surface area contributed by atoms with E-state index < -0.39 is 0 Å². The molecule has 0 aliphatic carbocycles. The van der Waals surface area contributed by atoms with Gasteiger partial charge in [0, 0.05) is 48.5 Å². The summed E-state index contributed by atoms with van der Waals surface area (Å²) in [5.74, 6) is -0.0290. The van der Waals surface area contributed by atoms with Gasteiger partial charge in [0.1, 0.15) is 0 Å². The molecule has 34 heavy (non-hydrogen) atoms. The van der Waals surface area contributed by atoms with Crippen LogP contribution < -0.4 is 5.32 Å². The van der Waals surface area contributed by atoms with Gasteiger partial charge in [-0.15, -0.1) is 0 Å². The highest BCUT2D eigenvalue weighted by molar-refractivity contribution is 5.93. The number of rotatable bonds is 8. The monoisotopic (exact) mass is 450 g/mol. The molecule has 0 radical (unpaired) electrons. The Morgan fingerprint density at radius 2 is 1.82 bits per heavy atom. The van der Waals surface area contributed by atoms with Gasteiger partial charge in [0.15, 0.2) is 0 Å². The molecule has 3 aromatic heterocycles. The Morgan fingerprint density at radius 3 is 2.68 bits per heavy atom. The maximum absolute atomic E-state index is 12.8. The van der Waals surface area contributed by atoms with Gasteiger partial charge in [0.05, 0.1) is 30.8 Å². The van der Waals surface area contributed by atoms with Crippen LogP contribution in [0.25, 0.3) is 32.9 Å². The Morgan fingerprint density at radius 1 is 0.971 bits per heavy atom. The third kappa shape index (κ3) is 4.67. The van der Waals surface area contributed by atoms with E-state index in [1.165, 1.54) is 0 Å². The van der Waals surface area contributed by atoms with Crippen LogP contribution >= 0.6 is 0 Å². The van der Waals surface area contributed by atoms with Gasteiger partial charge in [-0.2, -0.15) is 0 Å². The highest BCUT2D eigenvalue weighted by Gasteiger charge is 2.14. The summed E-state index contributed by atoms with van der Waals surface area (Å²) in [6.07, 6.45) is 5.91. The zero-order valence-electron chi connectivity index (χ0n) is 19.1. The zero-order valence-corrected chi connectivity index (χ0v) is 19.1. The van der Waals surface area contributed by atoms with Gasteiger partial charge in [0.25, 0.3) is 0 Å². The molecule has 0 bridgehead atoms. The van der Waals surface area contributed by atoms with Crippen molar-refractivity contribution in [2.45, 2.75) is 19.5 Å². The molecular weight excluding hydrogens is 424 g/mol. The Kier molecular flexibility index (Phi) is 6.31. The van der Waals surface area contributed by atoms with Gasteiger partial charge in [-0.1, -0.05) is 24.3 Å². The van der Waals surface area contributed by atoms with Gasteiger partial charge in [-0.05, 0) is 59.2 Å². The number of nitrogens with one attached hydrogen (secondary N) is 1. The second-order valence-electron chi connectivity index (χ2n) is 8.26. The average molecular weight is 451 g/mol. The van der Waals surface area contributed by atoms with Crippen molar-refractivity contribution in [2.75, 3.05) is 13.7 Å². The quantitative estimate of drug-likeness (QED) is 0.370. The first-order valence-corrected chi connectivity index (χ1v) is 11.3. The van der Waals surface area contributed by atoms with Crippen molar-refractivity contribution in [1.82, 2.24) is 19.9 Å². The molecule has 5 rings (SSSR count). The Balaban J connectivity index is 1.46. The fraction of sp³-hybridized carbons (Fsp3) is 0.179. The average Bonchev–Trinajstić information content (AvgIpc) is 3.22. The second-order valence-corrected chi connectivity index (χ2v) is 8.26. The molecular formula is C28H26N4O2. The van der Waals surface area contributed by atoms with E-state index in [2.05, 4.69) is 62.4 Å². The molecule has 0 aliphatic heterocycles. The number of carbonyl (C=O) groups is 1. The van der Waals surface area contributed by atoms with Crippen molar-refractivity contribution in [3.8, 4) is 11.1 Å². The van der Waals surface area contributed by atoms with Crippen molar-refractivity contribution in [3.05, 3.63) is 96.6 Å². The summed E-state index contributed by atoms with van der Waals surface area (Å²) in [5, 5.41) is 5.17. The maximum atomic E-state index is 12.8. The molecule has 1 amide bonds. The zero-order chi connectivity index (χ0) is 23.3. The highest BCUT2D eigenvalue weighted by Crippen LogP contribution is 2.30. The number of ether oxygens (including phenoxy) is 1. The Labute approximate surface area is 198 Å². The predicted octanol–water partition coefficient (Wildman–Crippen LogP) is 4.76. The third-order valence-electron chi connectivity index (χ3n) is 5.98. The molecule has 6 heteroatoms. The number of carbonyl (C=O) groups excluding carboxylic acids is 1. The molecule has 0 atom stereocenters. The SMILES string of the molecule is COCCn1cc(CC(=O)NCc2ccccn2)c2cc(-c3ccc4ncccc4c3)ccc21. The lowest BCUT2D eigenvalue weighted by molar-refractivity contribution is -0.120. The molecule has 5 aromatic rings. The Bertz CT molecular complexity index is 1440. The number of benzene rings is 2. The predicted molar refractivity (Wildman–Crippen MR) is 134 cm³/mol. The smallest absolute Gasteiger partial charge is 0.224 e. The van der Waals surface area contributed by atoms with Crippen molar-refractivity contribution in [2.24, 2.45) is 0 Å². The number of nitrogens with zero attached hydrogens (tertiary/aromatic N) is 3. The summed E-state index contributed by atoms with van der Waals surface area (Å²) in [5.41, 5.74) is 6.13. The van der Waals surface area contributed by atoms with E-state index in [9.17, 15) is 4.79 Å². The summed E-state index contributed by atoms with van der Waals surface area (Å²) in [4.78, 5) is 21.5. The number of methoxy groups -OCH3 is 1. The molecule has 0 saturated carbocycles. The summed E-state index contributed by atoms with van der Waals surface area (Å²) in [6.45, 7) is 1.75. The number of fused-ring (bicyclic) bond motifs is 2. The van der Waals surface area contributed by atoms with Crippen molar-refractivity contribution in [1.29, 1.82) is 0 Å². The highest BCUT2D eigenvalue weighted by atomic mass is 16.5. The van der Waals surface area contributed by atoms with Gasteiger partial charge in [-0.25, -0.2) is 0 Å². The van der Waals surface area contributed by atoms with Gasteiger partial charge in [-0.3, -0.25) is 14.8 Å². The van der Waals surface area contributed by atoms with Crippen LogP contribution in [0, 0.1) is 0 Å². The molecule has 0 aliphatic rings. The normalized spacial score (nSPS) is 11.2. The van der Waals surface area contributed by atoms with E-state index >= 15 is 0 Å². The van der Waals surface area contributed by atoms with Crippen LogP contribution in [0.5, 0.6) is 0 Å². The molecule has 0 spiro atoms. The van der Waals surface area contributed by atoms with Crippen LogP contribution in [0.3, 0.4) is 0 Å². The Hall–Kier alpha value is -4.03. The van der Waals surface area contributed by atoms with Gasteiger partial charge >= 0.3 is 0 Å². The second kappa shape index (κ2) is 9.85. The molecule has 0 saturated heterocycles. The summed E-state index contributed by atoms with van der Waals surface area (Å²) < 4.78 is 7.45. The van der Waals surface area contributed by atoms with Crippen molar-refractivity contribution >= 4 is 27.7 Å². The minimum Gasteiger partial charge on any atom is -0.383 e. The van der Waals surface area contributed by atoms with Crippen LogP contribution in [0.1, 0.15) is 11.3 Å². The minimum absolute atomic E-state index is 0.0290. The lowest BCUT2D eigenvalue weighted by Crippen LogP contribution is -2.24. The first-order valence-electron chi connectivity index (χ1n) is 11.3. The van der Waals surface area contributed by atoms with Crippen LogP contribution in [0.4, 0.5) is 0 Å². The summed E-state index contributed by atoms with van der Waals surface area (Å²) in [6, 6.07) is 22.5. The van der Waals surface area contributed by atoms with Gasteiger partial charge < -0.3 is 14.6 Å². The molecule has 0 unspecified atom stereocenters. The standard InChI is InChI=1S/C28H26N4O2/c1-34-14-13-32-19-23(17-28(33)31-18-24-6-2-3-11-29-24)25-16-21(8-10-27(25)32)20-7-9-26-22(15-20)5-4-12-30-26/h2-12,15-16,19H,13-14,17-18H2,1H3,(H,31,33).